The predicted octanol–water partition coefficient (Wildman–Crippen LogP) is 16.1. The van der Waals surface area contributed by atoms with Gasteiger partial charge in [-0.1, -0.05) is 181 Å². The number of nitrogens with zero attached hydrogens (tertiary/aromatic N) is 2. The van der Waals surface area contributed by atoms with Crippen LogP contribution in [-0.4, -0.2) is 14.1 Å². The summed E-state index contributed by atoms with van der Waals surface area (Å²) in [5.74, 6) is 0. The van der Waals surface area contributed by atoms with Crippen molar-refractivity contribution >= 4 is 44.3 Å². The summed E-state index contributed by atoms with van der Waals surface area (Å²) >= 11 is 0. The Balaban J connectivity index is 1.21. The Morgan fingerprint density at radius 2 is 0.667 bits per heavy atom. The molecular weight excluding hydrogens is 761 g/mol. The highest BCUT2D eigenvalue weighted by atomic mass is 15.1. The molecule has 2 heteroatoms. The molecule has 0 atom stereocenters. The lowest BCUT2D eigenvalue weighted by Crippen LogP contribution is -2.31. The van der Waals surface area contributed by atoms with E-state index in [1.165, 1.54) is 122 Å². The van der Waals surface area contributed by atoms with Gasteiger partial charge in [-0.05, 0) is 130 Å². The molecule has 2 heterocycles. The van der Waals surface area contributed by atoms with Gasteiger partial charge < -0.3 is 9.80 Å². The lowest BCUT2D eigenvalue weighted by Gasteiger charge is -2.42. The third-order valence-corrected chi connectivity index (χ3v) is 15.4. The number of hydrogen-bond acceptors (Lipinski definition) is 2. The molecule has 1 aliphatic carbocycles. The molecule has 3 aliphatic rings. The van der Waals surface area contributed by atoms with Gasteiger partial charge in [0.25, 0.3) is 0 Å². The third-order valence-electron chi connectivity index (χ3n) is 15.4. The topological polar surface area (TPSA) is 6.48 Å². The van der Waals surface area contributed by atoms with E-state index < -0.39 is 0 Å². The van der Waals surface area contributed by atoms with Crippen LogP contribution in [0.4, 0.5) is 22.7 Å². The second-order valence-electron chi connectivity index (χ2n) is 19.8. The zero-order valence-corrected chi connectivity index (χ0v) is 37.6. The fraction of sp³-hybridized carbons (Fsp3) is 0.180. The maximum Gasteiger partial charge on any atom is 0.0455 e. The zero-order chi connectivity index (χ0) is 43.2. The molecule has 0 fully saturated rings. The molecule has 0 spiro atoms. The van der Waals surface area contributed by atoms with Crippen LogP contribution in [-0.2, 0) is 16.2 Å². The molecule has 12 rings (SSSR count). The lowest BCUT2D eigenvalue weighted by molar-refractivity contribution is 0.631. The van der Waals surface area contributed by atoms with Gasteiger partial charge in [0.05, 0.1) is 0 Å². The Bertz CT molecular complexity index is 3240. The van der Waals surface area contributed by atoms with Crippen molar-refractivity contribution in [3.63, 3.8) is 0 Å². The summed E-state index contributed by atoms with van der Waals surface area (Å²) in [6, 6.07) is 64.6. The van der Waals surface area contributed by atoms with Crippen LogP contribution in [0.3, 0.4) is 0 Å². The molecule has 0 unspecified atom stereocenters. The molecule has 0 amide bonds. The SMILES string of the molecule is CN1c2ccccc2C(C)(C)c2c(-c3cccc4c(-c5cccc6c5-c5ccccc5C6(C)C)c5cccc(-c6cccc7c6C(C)(C)c6ccccc6N7C)c5cc34)cccc21. The standard InChI is InChI=1S/C61H52N2/c1-59(2)47-28-10-9-20-43(47)56-44(27-17-31-50(56)59)55-39-23-15-21-37(41-25-18-34-53-57(41)60(3,4)48-29-11-13-32-51(48)62(53)7)45(39)36-46-38(22-16-24-40(46)55)42-26-19-35-54-58(42)61(5,6)49-30-12-14-33-52(49)63(54)8/h9-36H,1-8H3. The fourth-order valence-corrected chi connectivity index (χ4v) is 12.4. The molecule has 9 aromatic carbocycles. The van der Waals surface area contributed by atoms with E-state index in [-0.39, 0.29) is 16.2 Å². The number of para-hydroxylation sites is 2. The normalized spacial score (nSPS) is 15.9. The maximum absolute atomic E-state index is 2.54. The fourth-order valence-electron chi connectivity index (χ4n) is 12.4. The highest BCUT2D eigenvalue weighted by Crippen LogP contribution is 2.57. The third kappa shape index (κ3) is 5.01. The van der Waals surface area contributed by atoms with Crippen LogP contribution in [0.25, 0.3) is 66.1 Å². The minimum absolute atomic E-state index is 0.118. The molecule has 9 aromatic rings. The minimum atomic E-state index is -0.228. The lowest BCUT2D eigenvalue weighted by atomic mass is 9.70. The molecule has 0 saturated heterocycles. The van der Waals surface area contributed by atoms with Crippen LogP contribution in [0.5, 0.6) is 0 Å². The first-order valence-electron chi connectivity index (χ1n) is 22.6. The van der Waals surface area contributed by atoms with E-state index in [0.717, 1.165) is 0 Å². The molecule has 2 nitrogen and oxygen atoms in total. The molecule has 0 N–H and O–H groups in total. The molecule has 63 heavy (non-hydrogen) atoms. The zero-order valence-electron chi connectivity index (χ0n) is 37.6. The molecule has 306 valence electrons. The summed E-state index contributed by atoms with van der Waals surface area (Å²) in [5, 5.41) is 5.09. The number of rotatable bonds is 3. The Morgan fingerprint density at radius 3 is 1.21 bits per heavy atom. The summed E-state index contributed by atoms with van der Waals surface area (Å²) in [5.41, 5.74) is 23.1. The van der Waals surface area contributed by atoms with E-state index in [1.807, 2.05) is 0 Å². The second-order valence-corrected chi connectivity index (χ2v) is 19.8. The van der Waals surface area contributed by atoms with Crippen molar-refractivity contribution in [3.8, 4) is 44.5 Å². The number of fused-ring (bicyclic) bond motifs is 9. The van der Waals surface area contributed by atoms with E-state index in [1.54, 1.807) is 0 Å². The summed E-state index contributed by atoms with van der Waals surface area (Å²) in [7, 11) is 4.45. The average Bonchev–Trinajstić information content (AvgIpc) is 3.54. The van der Waals surface area contributed by atoms with Crippen molar-refractivity contribution in [2.24, 2.45) is 0 Å². The van der Waals surface area contributed by atoms with Crippen molar-refractivity contribution in [3.05, 3.63) is 203 Å². The van der Waals surface area contributed by atoms with Crippen LogP contribution < -0.4 is 9.80 Å². The van der Waals surface area contributed by atoms with E-state index in [4.69, 9.17) is 0 Å². The van der Waals surface area contributed by atoms with Crippen molar-refractivity contribution in [2.45, 2.75) is 57.8 Å². The highest BCUT2D eigenvalue weighted by Gasteiger charge is 2.40. The quantitative estimate of drug-likeness (QED) is 0.164. The molecular formula is C61H52N2. The summed E-state index contributed by atoms with van der Waals surface area (Å²) in [6.45, 7) is 14.4. The smallest absolute Gasteiger partial charge is 0.0455 e. The Labute approximate surface area is 372 Å². The summed E-state index contributed by atoms with van der Waals surface area (Å²) in [4.78, 5) is 4.79. The van der Waals surface area contributed by atoms with Gasteiger partial charge in [-0.2, -0.15) is 0 Å². The van der Waals surface area contributed by atoms with Crippen molar-refractivity contribution in [1.82, 2.24) is 0 Å². The predicted molar refractivity (Wildman–Crippen MR) is 269 cm³/mol. The monoisotopic (exact) mass is 812 g/mol. The average molecular weight is 813 g/mol. The molecule has 2 aliphatic heterocycles. The number of benzene rings is 9. The van der Waals surface area contributed by atoms with Gasteiger partial charge in [-0.3, -0.25) is 0 Å². The van der Waals surface area contributed by atoms with Gasteiger partial charge in [0, 0.05) is 53.1 Å². The van der Waals surface area contributed by atoms with Gasteiger partial charge >= 0.3 is 0 Å². The first-order valence-corrected chi connectivity index (χ1v) is 22.6. The first kappa shape index (κ1) is 37.8. The molecule has 0 aromatic heterocycles. The maximum atomic E-state index is 2.54. The van der Waals surface area contributed by atoms with E-state index in [0.29, 0.717) is 0 Å². The van der Waals surface area contributed by atoms with E-state index in [9.17, 15) is 0 Å². The molecule has 0 saturated carbocycles. The minimum Gasteiger partial charge on any atom is -0.344 e. The van der Waals surface area contributed by atoms with Gasteiger partial charge in [0.2, 0.25) is 0 Å². The van der Waals surface area contributed by atoms with Crippen LogP contribution in [0, 0.1) is 0 Å². The van der Waals surface area contributed by atoms with Gasteiger partial charge in [0.1, 0.15) is 0 Å². The van der Waals surface area contributed by atoms with Crippen molar-refractivity contribution in [1.29, 1.82) is 0 Å². The largest absolute Gasteiger partial charge is 0.344 e. The van der Waals surface area contributed by atoms with Crippen molar-refractivity contribution in [2.75, 3.05) is 23.9 Å². The Morgan fingerprint density at radius 1 is 0.286 bits per heavy atom. The Kier molecular flexibility index (Phi) is 7.85. The van der Waals surface area contributed by atoms with Crippen LogP contribution >= 0.6 is 0 Å². The summed E-state index contributed by atoms with van der Waals surface area (Å²) < 4.78 is 0. The van der Waals surface area contributed by atoms with E-state index >= 15 is 0 Å². The highest BCUT2D eigenvalue weighted by molar-refractivity contribution is 6.21. The van der Waals surface area contributed by atoms with Crippen LogP contribution in [0.1, 0.15) is 74.9 Å². The van der Waals surface area contributed by atoms with Gasteiger partial charge in [-0.25, -0.2) is 0 Å². The molecule has 0 radical (unpaired) electrons. The van der Waals surface area contributed by atoms with Gasteiger partial charge in [0.15, 0.2) is 0 Å². The Hall–Kier alpha value is -6.90. The number of anilines is 4. The first-order chi connectivity index (χ1) is 30.4. The summed E-state index contributed by atoms with van der Waals surface area (Å²) in [6.07, 6.45) is 0. The van der Waals surface area contributed by atoms with Crippen LogP contribution in [0.15, 0.2) is 170 Å². The van der Waals surface area contributed by atoms with Crippen LogP contribution in [0.2, 0.25) is 0 Å². The second kappa shape index (κ2) is 13.1. The van der Waals surface area contributed by atoms with Crippen molar-refractivity contribution < 1.29 is 0 Å². The van der Waals surface area contributed by atoms with Gasteiger partial charge in [-0.15, -0.1) is 0 Å². The molecule has 0 bridgehead atoms. The number of hydrogen-bond donors (Lipinski definition) is 0. The van der Waals surface area contributed by atoms with E-state index in [2.05, 4.69) is 235 Å².